The zero-order valence-electron chi connectivity index (χ0n) is 14.0. The Kier molecular flexibility index (Phi) is 8.13. The first-order valence-electron chi connectivity index (χ1n) is 8.76. The largest absolute Gasteiger partial charge is 0.393 e. The van der Waals surface area contributed by atoms with E-state index < -0.39 is 0 Å². The summed E-state index contributed by atoms with van der Waals surface area (Å²) in [5.74, 6) is 2.61. The molecule has 0 amide bonds. The monoisotopic (exact) mass is 284 g/mol. The smallest absolute Gasteiger partial charge is 0.0571 e. The Morgan fingerprint density at radius 1 is 0.950 bits per heavy atom. The maximum absolute atomic E-state index is 10.5. The van der Waals surface area contributed by atoms with E-state index in [1.165, 1.54) is 25.7 Å². The molecule has 0 saturated heterocycles. The van der Waals surface area contributed by atoms with E-state index in [1.807, 2.05) is 6.92 Å². The van der Waals surface area contributed by atoms with Crippen LogP contribution in [0.2, 0.25) is 0 Å². The van der Waals surface area contributed by atoms with Gasteiger partial charge in [-0.05, 0) is 56.3 Å². The summed E-state index contributed by atoms with van der Waals surface area (Å²) in [4.78, 5) is 0. The van der Waals surface area contributed by atoms with Gasteiger partial charge in [0.05, 0.1) is 12.2 Å². The van der Waals surface area contributed by atoms with E-state index in [0.717, 1.165) is 31.6 Å². The van der Waals surface area contributed by atoms with E-state index in [2.05, 4.69) is 20.8 Å². The third kappa shape index (κ3) is 6.58. The molecule has 0 bridgehead atoms. The lowest BCUT2D eigenvalue weighted by Crippen LogP contribution is -2.28. The summed E-state index contributed by atoms with van der Waals surface area (Å²) in [6, 6.07) is 0. The van der Waals surface area contributed by atoms with Gasteiger partial charge in [-0.1, -0.05) is 46.5 Å². The quantitative estimate of drug-likeness (QED) is 0.694. The van der Waals surface area contributed by atoms with Crippen LogP contribution in [-0.2, 0) is 0 Å². The minimum atomic E-state index is -0.187. The predicted molar refractivity (Wildman–Crippen MR) is 85.6 cm³/mol. The van der Waals surface area contributed by atoms with Crippen molar-refractivity contribution in [1.82, 2.24) is 0 Å². The fraction of sp³-hybridized carbons (Fsp3) is 1.00. The lowest BCUT2D eigenvalue weighted by Gasteiger charge is -2.33. The molecule has 120 valence electrons. The molecular weight excluding hydrogens is 248 g/mol. The second-order valence-corrected chi connectivity index (χ2v) is 7.61. The van der Waals surface area contributed by atoms with Gasteiger partial charge in [0.25, 0.3) is 0 Å². The summed E-state index contributed by atoms with van der Waals surface area (Å²) in [6.07, 6.45) is 8.76. The van der Waals surface area contributed by atoms with Crippen molar-refractivity contribution < 1.29 is 10.2 Å². The Labute approximate surface area is 126 Å². The summed E-state index contributed by atoms with van der Waals surface area (Å²) in [5.41, 5.74) is 0. The minimum Gasteiger partial charge on any atom is -0.393 e. The Balaban J connectivity index is 2.36. The van der Waals surface area contributed by atoms with Crippen molar-refractivity contribution in [1.29, 1.82) is 0 Å². The van der Waals surface area contributed by atoms with Crippen molar-refractivity contribution in [2.24, 2.45) is 23.7 Å². The molecule has 0 radical (unpaired) electrons. The van der Waals surface area contributed by atoms with Crippen LogP contribution < -0.4 is 0 Å². The third-order valence-corrected chi connectivity index (χ3v) is 5.29. The molecule has 1 saturated carbocycles. The van der Waals surface area contributed by atoms with Gasteiger partial charge in [-0.25, -0.2) is 0 Å². The first-order chi connectivity index (χ1) is 9.40. The number of aliphatic hydroxyl groups excluding tert-OH is 2. The van der Waals surface area contributed by atoms with Gasteiger partial charge in [-0.2, -0.15) is 0 Å². The fourth-order valence-electron chi connectivity index (χ4n) is 3.57. The number of rotatable bonds is 8. The van der Waals surface area contributed by atoms with Gasteiger partial charge >= 0.3 is 0 Å². The highest BCUT2D eigenvalue weighted by atomic mass is 16.3. The van der Waals surface area contributed by atoms with Crippen molar-refractivity contribution in [2.75, 3.05) is 0 Å². The molecule has 2 nitrogen and oxygen atoms in total. The van der Waals surface area contributed by atoms with Crippen LogP contribution in [0.4, 0.5) is 0 Å². The Hall–Kier alpha value is -0.0800. The van der Waals surface area contributed by atoms with Crippen molar-refractivity contribution in [3.05, 3.63) is 0 Å². The van der Waals surface area contributed by atoms with Gasteiger partial charge in [-0.3, -0.25) is 0 Å². The maximum Gasteiger partial charge on any atom is 0.0571 e. The molecule has 1 aliphatic rings. The minimum absolute atomic E-state index is 0.110. The van der Waals surface area contributed by atoms with E-state index in [-0.39, 0.29) is 12.2 Å². The molecule has 0 aromatic carbocycles. The molecule has 2 N–H and O–H groups in total. The molecular formula is C18H36O2. The van der Waals surface area contributed by atoms with Crippen LogP contribution in [0.3, 0.4) is 0 Å². The number of aliphatic hydroxyl groups is 2. The van der Waals surface area contributed by atoms with Crippen LogP contribution >= 0.6 is 0 Å². The molecule has 1 aliphatic carbocycles. The lowest BCUT2D eigenvalue weighted by molar-refractivity contribution is 0.0455. The summed E-state index contributed by atoms with van der Waals surface area (Å²) in [7, 11) is 0. The van der Waals surface area contributed by atoms with Crippen molar-refractivity contribution in [2.45, 2.75) is 91.3 Å². The first kappa shape index (κ1) is 18.0. The molecule has 20 heavy (non-hydrogen) atoms. The molecule has 1 rings (SSSR count). The van der Waals surface area contributed by atoms with E-state index in [4.69, 9.17) is 0 Å². The van der Waals surface area contributed by atoms with E-state index in [0.29, 0.717) is 17.8 Å². The second kappa shape index (κ2) is 9.04. The summed E-state index contributed by atoms with van der Waals surface area (Å²) in [6.45, 7) is 8.73. The summed E-state index contributed by atoms with van der Waals surface area (Å²) >= 11 is 0. The SMILES string of the molecule is CC1CCC(C(O)CC(CCC[C@H](C)O)C(C)C)CC1. The Morgan fingerprint density at radius 2 is 1.55 bits per heavy atom. The molecule has 1 fully saturated rings. The van der Waals surface area contributed by atoms with E-state index >= 15 is 0 Å². The van der Waals surface area contributed by atoms with Gasteiger partial charge in [-0.15, -0.1) is 0 Å². The van der Waals surface area contributed by atoms with Crippen LogP contribution in [0.15, 0.2) is 0 Å². The van der Waals surface area contributed by atoms with Gasteiger partial charge in [0.15, 0.2) is 0 Å². The number of hydrogen-bond acceptors (Lipinski definition) is 2. The molecule has 0 aromatic rings. The fourth-order valence-corrected chi connectivity index (χ4v) is 3.57. The van der Waals surface area contributed by atoms with Crippen molar-refractivity contribution in [3.8, 4) is 0 Å². The third-order valence-electron chi connectivity index (χ3n) is 5.29. The molecule has 0 aliphatic heterocycles. The van der Waals surface area contributed by atoms with Crippen LogP contribution in [0.1, 0.15) is 79.1 Å². The molecule has 3 atom stereocenters. The molecule has 0 aromatic heterocycles. The van der Waals surface area contributed by atoms with Crippen LogP contribution in [-0.4, -0.2) is 22.4 Å². The lowest BCUT2D eigenvalue weighted by atomic mass is 9.76. The van der Waals surface area contributed by atoms with Gasteiger partial charge < -0.3 is 10.2 Å². The van der Waals surface area contributed by atoms with E-state index in [9.17, 15) is 10.2 Å². The zero-order valence-corrected chi connectivity index (χ0v) is 14.0. The number of hydrogen-bond donors (Lipinski definition) is 2. The van der Waals surface area contributed by atoms with Gasteiger partial charge in [0.2, 0.25) is 0 Å². The average Bonchev–Trinajstić information content (AvgIpc) is 2.37. The zero-order chi connectivity index (χ0) is 15.1. The van der Waals surface area contributed by atoms with Crippen molar-refractivity contribution in [3.63, 3.8) is 0 Å². The first-order valence-corrected chi connectivity index (χ1v) is 8.76. The highest BCUT2D eigenvalue weighted by Gasteiger charge is 2.27. The topological polar surface area (TPSA) is 40.5 Å². The second-order valence-electron chi connectivity index (χ2n) is 7.61. The normalized spacial score (nSPS) is 28.4. The maximum atomic E-state index is 10.5. The highest BCUT2D eigenvalue weighted by molar-refractivity contribution is 4.79. The average molecular weight is 284 g/mol. The summed E-state index contributed by atoms with van der Waals surface area (Å²) in [5, 5.41) is 19.9. The molecule has 2 unspecified atom stereocenters. The van der Waals surface area contributed by atoms with E-state index in [1.54, 1.807) is 0 Å². The Bertz CT molecular complexity index is 242. The summed E-state index contributed by atoms with van der Waals surface area (Å²) < 4.78 is 0. The van der Waals surface area contributed by atoms with Crippen molar-refractivity contribution >= 4 is 0 Å². The van der Waals surface area contributed by atoms with Crippen LogP contribution in [0, 0.1) is 23.7 Å². The van der Waals surface area contributed by atoms with Crippen LogP contribution in [0.5, 0.6) is 0 Å². The predicted octanol–water partition coefficient (Wildman–Crippen LogP) is 4.39. The Morgan fingerprint density at radius 3 is 2.05 bits per heavy atom. The van der Waals surface area contributed by atoms with Gasteiger partial charge in [0, 0.05) is 0 Å². The molecule has 0 spiro atoms. The van der Waals surface area contributed by atoms with Crippen LogP contribution in [0.25, 0.3) is 0 Å². The highest BCUT2D eigenvalue weighted by Crippen LogP contribution is 2.34. The molecule has 0 heterocycles. The van der Waals surface area contributed by atoms with Gasteiger partial charge in [0.1, 0.15) is 0 Å². The standard InChI is InChI=1S/C18H36O2/c1-13(2)17(7-5-6-15(4)19)12-18(20)16-10-8-14(3)9-11-16/h13-20H,5-12H2,1-4H3/t14?,15-,16?,17?,18?/m0/s1. The molecule has 2 heteroatoms.